The number of rotatable bonds is 5. The van der Waals surface area contributed by atoms with Gasteiger partial charge in [0.2, 0.25) is 0 Å². The predicted molar refractivity (Wildman–Crippen MR) is 98.5 cm³/mol. The first-order valence-corrected chi connectivity index (χ1v) is 10.00. The first kappa shape index (κ1) is 16.8. The summed E-state index contributed by atoms with van der Waals surface area (Å²) in [5.41, 5.74) is 0.676. The molecule has 0 radical (unpaired) electrons. The van der Waals surface area contributed by atoms with Crippen LogP contribution in [0.1, 0.15) is 46.2 Å². The van der Waals surface area contributed by atoms with Gasteiger partial charge in [0, 0.05) is 35.5 Å². The third-order valence-corrected chi connectivity index (χ3v) is 6.72. The summed E-state index contributed by atoms with van der Waals surface area (Å²) >= 11 is 2.71. The molecule has 2 saturated heterocycles. The van der Waals surface area contributed by atoms with E-state index in [1.54, 1.807) is 13.0 Å². The Kier molecular flexibility index (Phi) is 4.62. The molecule has 2 aromatic rings. The average molecular weight is 374 g/mol. The summed E-state index contributed by atoms with van der Waals surface area (Å²) in [6.07, 6.45) is 3.42. The van der Waals surface area contributed by atoms with E-state index in [1.165, 1.54) is 29.7 Å². The van der Waals surface area contributed by atoms with Crippen LogP contribution in [0.5, 0.6) is 0 Å². The van der Waals surface area contributed by atoms with E-state index in [0.717, 1.165) is 22.8 Å². The molecule has 130 valence electrons. The SMILES string of the molecule is CC(=O)c1cc(Sc2ccc(C(=O)N[C@@H]3C[C@H]4CC[C@@H]3N4)cc2)ns1. The number of amides is 1. The number of nitrogens with one attached hydrogen (secondary N) is 2. The molecular weight excluding hydrogens is 354 g/mol. The molecule has 25 heavy (non-hydrogen) atoms. The van der Waals surface area contributed by atoms with Crippen LogP contribution in [-0.2, 0) is 0 Å². The van der Waals surface area contributed by atoms with Crippen LogP contribution in [0.4, 0.5) is 0 Å². The zero-order valence-corrected chi connectivity index (χ0v) is 15.5. The van der Waals surface area contributed by atoms with Gasteiger partial charge in [-0.2, -0.15) is 4.37 Å². The highest BCUT2D eigenvalue weighted by atomic mass is 32.2. The minimum absolute atomic E-state index is 0.0107. The van der Waals surface area contributed by atoms with Gasteiger partial charge in [-0.25, -0.2) is 0 Å². The third-order valence-electron chi connectivity index (χ3n) is 4.79. The van der Waals surface area contributed by atoms with Gasteiger partial charge >= 0.3 is 0 Å². The molecule has 2 bridgehead atoms. The van der Waals surface area contributed by atoms with E-state index in [4.69, 9.17) is 0 Å². The molecule has 2 aliphatic rings. The molecule has 3 heterocycles. The summed E-state index contributed by atoms with van der Waals surface area (Å²) in [5.74, 6) is 0.0231. The highest BCUT2D eigenvalue weighted by Crippen LogP contribution is 2.30. The number of nitrogens with zero attached hydrogens (tertiary/aromatic N) is 1. The van der Waals surface area contributed by atoms with Crippen LogP contribution in [0.2, 0.25) is 0 Å². The van der Waals surface area contributed by atoms with Crippen molar-refractivity contribution in [1.82, 2.24) is 15.0 Å². The Morgan fingerprint density at radius 2 is 2.08 bits per heavy atom. The van der Waals surface area contributed by atoms with E-state index in [1.807, 2.05) is 24.3 Å². The molecule has 0 unspecified atom stereocenters. The lowest BCUT2D eigenvalue weighted by atomic mass is 9.95. The standard InChI is InChI=1S/C18H19N3O2S2/c1-10(22)16-9-17(21-25-16)24-13-5-2-11(3-6-13)18(23)20-15-8-12-4-7-14(15)19-12/h2-3,5-6,9,12,14-15,19H,4,7-8H2,1H3,(H,20,23)/t12-,14+,15-/m1/s1. The van der Waals surface area contributed by atoms with Crippen molar-refractivity contribution in [1.29, 1.82) is 0 Å². The molecule has 2 N–H and O–H groups in total. The second kappa shape index (κ2) is 6.90. The van der Waals surface area contributed by atoms with Gasteiger partial charge in [0.25, 0.3) is 5.91 Å². The van der Waals surface area contributed by atoms with Crippen LogP contribution in [-0.4, -0.2) is 34.2 Å². The molecule has 1 amide bonds. The Bertz CT molecular complexity index is 803. The number of fused-ring (bicyclic) bond motifs is 2. The second-order valence-electron chi connectivity index (χ2n) is 6.58. The molecule has 5 nitrogen and oxygen atoms in total. The van der Waals surface area contributed by atoms with Gasteiger partial charge < -0.3 is 10.6 Å². The van der Waals surface area contributed by atoms with E-state index in [9.17, 15) is 9.59 Å². The van der Waals surface area contributed by atoms with E-state index < -0.39 is 0 Å². The summed E-state index contributed by atoms with van der Waals surface area (Å²) in [6, 6.07) is 10.6. The minimum atomic E-state index is -0.0107. The number of carbonyl (C=O) groups is 2. The molecule has 7 heteroatoms. The van der Waals surface area contributed by atoms with Crippen molar-refractivity contribution in [2.75, 3.05) is 0 Å². The fourth-order valence-electron chi connectivity index (χ4n) is 3.50. The van der Waals surface area contributed by atoms with Crippen LogP contribution < -0.4 is 10.6 Å². The van der Waals surface area contributed by atoms with Gasteiger partial charge in [0.05, 0.1) is 4.88 Å². The van der Waals surface area contributed by atoms with Crippen LogP contribution in [0.25, 0.3) is 0 Å². The van der Waals surface area contributed by atoms with Crippen LogP contribution in [0, 0.1) is 0 Å². The van der Waals surface area contributed by atoms with Gasteiger partial charge in [-0.05, 0) is 61.1 Å². The monoisotopic (exact) mass is 373 g/mol. The van der Waals surface area contributed by atoms with Crippen LogP contribution in [0.3, 0.4) is 0 Å². The van der Waals surface area contributed by atoms with Gasteiger partial charge in [0.15, 0.2) is 5.78 Å². The first-order chi connectivity index (χ1) is 12.1. The van der Waals surface area contributed by atoms with Crippen molar-refractivity contribution in [3.63, 3.8) is 0 Å². The van der Waals surface area contributed by atoms with Gasteiger partial charge in [0.1, 0.15) is 5.03 Å². The Balaban J connectivity index is 1.37. The van der Waals surface area contributed by atoms with E-state index in [2.05, 4.69) is 15.0 Å². The van der Waals surface area contributed by atoms with Crippen molar-refractivity contribution < 1.29 is 9.59 Å². The Hall–Kier alpha value is -1.70. The van der Waals surface area contributed by atoms with E-state index in [-0.39, 0.29) is 17.7 Å². The number of Topliss-reactive ketones (excluding diaryl/α,β-unsaturated/α-hetero) is 1. The molecule has 4 rings (SSSR count). The highest BCUT2D eigenvalue weighted by Gasteiger charge is 2.39. The zero-order chi connectivity index (χ0) is 17.4. The number of carbonyl (C=O) groups excluding carboxylic acids is 2. The molecule has 0 spiro atoms. The van der Waals surface area contributed by atoms with Crippen molar-refractivity contribution in [3.05, 3.63) is 40.8 Å². The molecule has 0 aliphatic carbocycles. The normalized spacial score (nSPS) is 24.4. The Labute approximate surface area is 154 Å². The maximum atomic E-state index is 12.4. The topological polar surface area (TPSA) is 71.1 Å². The van der Waals surface area contributed by atoms with Gasteiger partial charge in [-0.3, -0.25) is 9.59 Å². The van der Waals surface area contributed by atoms with Crippen LogP contribution >= 0.6 is 23.3 Å². The van der Waals surface area contributed by atoms with Crippen molar-refractivity contribution in [2.45, 2.75) is 54.2 Å². The maximum absolute atomic E-state index is 12.4. The largest absolute Gasteiger partial charge is 0.348 e. The summed E-state index contributed by atoms with van der Waals surface area (Å²) in [4.78, 5) is 25.4. The van der Waals surface area contributed by atoms with Gasteiger partial charge in [-0.15, -0.1) is 0 Å². The average Bonchev–Trinajstić information content (AvgIpc) is 3.32. The summed E-state index contributed by atoms with van der Waals surface area (Å²) in [6.45, 7) is 1.54. The smallest absolute Gasteiger partial charge is 0.251 e. The highest BCUT2D eigenvalue weighted by molar-refractivity contribution is 7.99. The minimum Gasteiger partial charge on any atom is -0.348 e. The number of hydrogen-bond acceptors (Lipinski definition) is 6. The molecule has 2 fully saturated rings. The van der Waals surface area contributed by atoms with E-state index in [0.29, 0.717) is 22.5 Å². The molecule has 1 aromatic heterocycles. The molecule has 0 saturated carbocycles. The first-order valence-electron chi connectivity index (χ1n) is 8.41. The lowest BCUT2D eigenvalue weighted by Gasteiger charge is -2.21. The van der Waals surface area contributed by atoms with Crippen molar-refractivity contribution in [3.8, 4) is 0 Å². The molecule has 2 aliphatic heterocycles. The van der Waals surface area contributed by atoms with Crippen LogP contribution in [0.15, 0.2) is 40.3 Å². The summed E-state index contributed by atoms with van der Waals surface area (Å²) in [5, 5.41) is 7.49. The quantitative estimate of drug-likeness (QED) is 0.788. The zero-order valence-electron chi connectivity index (χ0n) is 13.8. The Morgan fingerprint density at radius 1 is 1.28 bits per heavy atom. The number of aromatic nitrogens is 1. The summed E-state index contributed by atoms with van der Waals surface area (Å²) < 4.78 is 4.28. The second-order valence-corrected chi connectivity index (χ2v) is 8.47. The lowest BCUT2D eigenvalue weighted by Crippen LogP contribution is -2.42. The number of ketones is 1. The van der Waals surface area contributed by atoms with Crippen molar-refractivity contribution >= 4 is 35.0 Å². The molecule has 1 aromatic carbocycles. The fraction of sp³-hybridized carbons (Fsp3) is 0.389. The third kappa shape index (κ3) is 3.63. The lowest BCUT2D eigenvalue weighted by molar-refractivity contribution is 0.0930. The van der Waals surface area contributed by atoms with Crippen molar-refractivity contribution in [2.24, 2.45) is 0 Å². The number of hydrogen-bond donors (Lipinski definition) is 2. The molecular formula is C18H19N3O2S2. The number of benzene rings is 1. The van der Waals surface area contributed by atoms with Gasteiger partial charge in [-0.1, -0.05) is 11.8 Å². The van der Waals surface area contributed by atoms with E-state index >= 15 is 0 Å². The maximum Gasteiger partial charge on any atom is 0.251 e. The Morgan fingerprint density at radius 3 is 2.68 bits per heavy atom. The summed E-state index contributed by atoms with van der Waals surface area (Å²) in [7, 11) is 0. The predicted octanol–water partition coefficient (Wildman–Crippen LogP) is 3.12. The molecule has 3 atom stereocenters. The fourth-order valence-corrected chi connectivity index (χ4v) is 5.06.